The van der Waals surface area contributed by atoms with Crippen LogP contribution in [0.1, 0.15) is 0 Å². The zero-order valence-corrected chi connectivity index (χ0v) is 13.8. The molecule has 1 N–H and O–H groups in total. The zero-order valence-electron chi connectivity index (χ0n) is 13.8. The fraction of sp³-hybridized carbons (Fsp3) is 0.211. The molecule has 4 aromatic heterocycles. The van der Waals surface area contributed by atoms with Gasteiger partial charge in [0.1, 0.15) is 11.5 Å². The highest BCUT2D eigenvalue weighted by molar-refractivity contribution is 6.05. The zero-order chi connectivity index (χ0) is 16.6. The minimum Gasteiger partial charge on any atom is -0.367 e. The van der Waals surface area contributed by atoms with Crippen LogP contribution in [0.2, 0.25) is 0 Å². The summed E-state index contributed by atoms with van der Waals surface area (Å²) in [6.45, 7) is 3.86. The van der Waals surface area contributed by atoms with Crippen LogP contribution in [-0.4, -0.2) is 46.1 Å². The summed E-state index contributed by atoms with van der Waals surface area (Å²) in [7, 11) is 0. The van der Waals surface area contributed by atoms with E-state index >= 15 is 0 Å². The van der Waals surface area contributed by atoms with Gasteiger partial charge in [-0.2, -0.15) is 0 Å². The SMILES string of the molecule is c1cncc(N2CCN(c3ccc4c(n3)[nH]c3ccncc34)CC2)c1. The molecule has 4 aromatic rings. The second kappa shape index (κ2) is 5.73. The molecule has 0 spiro atoms. The lowest BCUT2D eigenvalue weighted by Gasteiger charge is -2.36. The first kappa shape index (κ1) is 14.2. The van der Waals surface area contributed by atoms with Crippen LogP contribution in [0, 0.1) is 0 Å². The van der Waals surface area contributed by atoms with Gasteiger partial charge in [-0.3, -0.25) is 9.97 Å². The Kier molecular flexibility index (Phi) is 3.26. The molecule has 25 heavy (non-hydrogen) atoms. The van der Waals surface area contributed by atoms with Crippen molar-refractivity contribution < 1.29 is 0 Å². The molecule has 6 heteroatoms. The highest BCUT2D eigenvalue weighted by atomic mass is 15.3. The van der Waals surface area contributed by atoms with Gasteiger partial charge in [-0.05, 0) is 30.3 Å². The Morgan fingerprint density at radius 3 is 2.48 bits per heavy atom. The standard InChI is InChI=1S/C19H18N6/c1-2-14(12-20-6-1)24-8-10-25(11-9-24)18-4-3-15-16-13-21-7-5-17(16)22-19(15)23-18/h1-7,12-13H,8-11H2,(H,22,23). The molecule has 0 saturated carbocycles. The predicted octanol–water partition coefficient (Wildman–Crippen LogP) is 2.83. The number of fused-ring (bicyclic) bond motifs is 3. The van der Waals surface area contributed by atoms with Gasteiger partial charge in [0.05, 0.1) is 17.4 Å². The van der Waals surface area contributed by atoms with E-state index in [4.69, 9.17) is 4.98 Å². The molecule has 1 aliphatic rings. The number of hydrogen-bond donors (Lipinski definition) is 1. The molecular weight excluding hydrogens is 312 g/mol. The molecule has 6 nitrogen and oxygen atoms in total. The molecule has 0 aliphatic carbocycles. The normalized spacial score (nSPS) is 15.2. The van der Waals surface area contributed by atoms with Crippen LogP contribution in [0.15, 0.2) is 55.1 Å². The van der Waals surface area contributed by atoms with Crippen molar-refractivity contribution in [2.45, 2.75) is 0 Å². The predicted molar refractivity (Wildman–Crippen MR) is 100 cm³/mol. The van der Waals surface area contributed by atoms with Crippen LogP contribution in [0.5, 0.6) is 0 Å². The number of aromatic amines is 1. The van der Waals surface area contributed by atoms with Gasteiger partial charge in [0.15, 0.2) is 0 Å². The molecule has 0 unspecified atom stereocenters. The molecule has 0 aromatic carbocycles. The first-order valence-corrected chi connectivity index (χ1v) is 8.51. The first-order valence-electron chi connectivity index (χ1n) is 8.51. The fourth-order valence-electron chi connectivity index (χ4n) is 3.52. The van der Waals surface area contributed by atoms with Gasteiger partial charge in [-0.25, -0.2) is 4.98 Å². The molecule has 5 rings (SSSR count). The monoisotopic (exact) mass is 330 g/mol. The van der Waals surface area contributed by atoms with Crippen molar-refractivity contribution in [2.24, 2.45) is 0 Å². The van der Waals surface area contributed by atoms with E-state index in [1.54, 1.807) is 6.20 Å². The van der Waals surface area contributed by atoms with Crippen LogP contribution in [0.4, 0.5) is 11.5 Å². The maximum Gasteiger partial charge on any atom is 0.140 e. The smallest absolute Gasteiger partial charge is 0.140 e. The largest absolute Gasteiger partial charge is 0.367 e. The number of hydrogen-bond acceptors (Lipinski definition) is 5. The summed E-state index contributed by atoms with van der Waals surface area (Å²) >= 11 is 0. The summed E-state index contributed by atoms with van der Waals surface area (Å²) in [6, 6.07) is 10.4. The van der Waals surface area contributed by atoms with Gasteiger partial charge in [0, 0.05) is 55.5 Å². The number of H-pyrrole nitrogens is 1. The third-order valence-corrected chi connectivity index (χ3v) is 4.86. The van der Waals surface area contributed by atoms with Crippen molar-refractivity contribution >= 4 is 33.4 Å². The Morgan fingerprint density at radius 2 is 1.64 bits per heavy atom. The van der Waals surface area contributed by atoms with Crippen molar-refractivity contribution in [1.29, 1.82) is 0 Å². The molecule has 5 heterocycles. The average molecular weight is 330 g/mol. The second-order valence-electron chi connectivity index (χ2n) is 6.30. The third kappa shape index (κ3) is 2.46. The average Bonchev–Trinajstić information content (AvgIpc) is 3.06. The van der Waals surface area contributed by atoms with E-state index < -0.39 is 0 Å². The third-order valence-electron chi connectivity index (χ3n) is 4.86. The number of rotatable bonds is 2. The Balaban J connectivity index is 1.40. The van der Waals surface area contributed by atoms with Gasteiger partial charge >= 0.3 is 0 Å². The number of nitrogens with zero attached hydrogens (tertiary/aromatic N) is 5. The number of piperazine rings is 1. The van der Waals surface area contributed by atoms with Gasteiger partial charge in [0.25, 0.3) is 0 Å². The van der Waals surface area contributed by atoms with Crippen molar-refractivity contribution in [3.63, 3.8) is 0 Å². The Hall–Kier alpha value is -3.15. The first-order chi connectivity index (χ1) is 12.4. The maximum atomic E-state index is 4.85. The van der Waals surface area contributed by atoms with Crippen molar-refractivity contribution in [3.8, 4) is 0 Å². The van der Waals surface area contributed by atoms with E-state index in [1.807, 2.05) is 30.7 Å². The van der Waals surface area contributed by atoms with E-state index in [9.17, 15) is 0 Å². The lowest BCUT2D eigenvalue weighted by atomic mass is 10.2. The van der Waals surface area contributed by atoms with Crippen molar-refractivity contribution in [3.05, 3.63) is 55.1 Å². The minimum absolute atomic E-state index is 0.926. The van der Waals surface area contributed by atoms with Crippen LogP contribution >= 0.6 is 0 Å². The summed E-state index contributed by atoms with van der Waals surface area (Å²) in [6.07, 6.45) is 7.44. The maximum absolute atomic E-state index is 4.85. The summed E-state index contributed by atoms with van der Waals surface area (Å²) in [5.41, 5.74) is 3.19. The molecule has 1 fully saturated rings. The summed E-state index contributed by atoms with van der Waals surface area (Å²) < 4.78 is 0. The van der Waals surface area contributed by atoms with Gasteiger partial charge < -0.3 is 14.8 Å². The van der Waals surface area contributed by atoms with Crippen LogP contribution in [0.3, 0.4) is 0 Å². The summed E-state index contributed by atoms with van der Waals surface area (Å²) in [5.74, 6) is 1.03. The van der Waals surface area contributed by atoms with E-state index in [0.29, 0.717) is 0 Å². The topological polar surface area (TPSA) is 60.9 Å². The highest BCUT2D eigenvalue weighted by Gasteiger charge is 2.19. The Labute approximate surface area is 145 Å². The Morgan fingerprint density at radius 1 is 0.800 bits per heavy atom. The molecule has 1 saturated heterocycles. The minimum atomic E-state index is 0.926. The lowest BCUT2D eigenvalue weighted by Crippen LogP contribution is -2.46. The second-order valence-corrected chi connectivity index (χ2v) is 6.30. The number of aromatic nitrogens is 4. The van der Waals surface area contributed by atoms with Gasteiger partial charge in [-0.1, -0.05) is 0 Å². The molecule has 0 bridgehead atoms. The van der Waals surface area contributed by atoms with Crippen LogP contribution in [0.25, 0.3) is 21.9 Å². The molecule has 0 radical (unpaired) electrons. The van der Waals surface area contributed by atoms with Crippen molar-refractivity contribution in [1.82, 2.24) is 19.9 Å². The van der Waals surface area contributed by atoms with E-state index in [0.717, 1.165) is 53.9 Å². The number of nitrogens with one attached hydrogen (secondary N) is 1. The summed E-state index contributed by atoms with van der Waals surface area (Å²) in [4.78, 5) is 21.4. The molecule has 1 aliphatic heterocycles. The molecule has 0 atom stereocenters. The number of anilines is 2. The van der Waals surface area contributed by atoms with Crippen LogP contribution in [-0.2, 0) is 0 Å². The van der Waals surface area contributed by atoms with E-state index in [-0.39, 0.29) is 0 Å². The van der Waals surface area contributed by atoms with E-state index in [2.05, 4.69) is 43.0 Å². The van der Waals surface area contributed by atoms with Crippen LogP contribution < -0.4 is 9.80 Å². The highest BCUT2D eigenvalue weighted by Crippen LogP contribution is 2.26. The summed E-state index contributed by atoms with van der Waals surface area (Å²) in [5, 5.41) is 2.25. The lowest BCUT2D eigenvalue weighted by molar-refractivity contribution is 0.647. The number of pyridine rings is 3. The van der Waals surface area contributed by atoms with E-state index in [1.165, 1.54) is 5.69 Å². The quantitative estimate of drug-likeness (QED) is 0.612. The fourth-order valence-corrected chi connectivity index (χ4v) is 3.52. The van der Waals surface area contributed by atoms with Gasteiger partial charge in [0.2, 0.25) is 0 Å². The Bertz CT molecular complexity index is 1020. The van der Waals surface area contributed by atoms with Gasteiger partial charge in [-0.15, -0.1) is 0 Å². The molecule has 0 amide bonds. The molecular formula is C19H18N6. The molecule has 124 valence electrons. The van der Waals surface area contributed by atoms with Crippen molar-refractivity contribution in [2.75, 3.05) is 36.0 Å².